The van der Waals surface area contributed by atoms with Gasteiger partial charge < -0.3 is 9.64 Å². The fourth-order valence-electron chi connectivity index (χ4n) is 2.78. The lowest BCUT2D eigenvalue weighted by molar-refractivity contribution is -0.139. The molecule has 1 heterocycles. The van der Waals surface area contributed by atoms with E-state index in [2.05, 4.69) is 0 Å². The van der Waals surface area contributed by atoms with Crippen LogP contribution in [0.1, 0.15) is 17.5 Å². The van der Waals surface area contributed by atoms with Gasteiger partial charge in [0.05, 0.1) is 16.6 Å². The highest BCUT2D eigenvalue weighted by atomic mass is 35.5. The van der Waals surface area contributed by atoms with Gasteiger partial charge in [-0.15, -0.1) is 0 Å². The molecule has 1 aliphatic heterocycles. The van der Waals surface area contributed by atoms with Crippen LogP contribution in [0.4, 0.5) is 5.69 Å². The van der Waals surface area contributed by atoms with Gasteiger partial charge in [-0.3, -0.25) is 9.59 Å². The number of halogens is 1. The number of carbonyl (C=O) groups is 2. The molecule has 0 saturated carbocycles. The lowest BCUT2D eigenvalue weighted by atomic mass is 10.1. The molecule has 0 aromatic heterocycles. The Morgan fingerprint density at radius 1 is 1.21 bits per heavy atom. The van der Waals surface area contributed by atoms with Gasteiger partial charge in [0.2, 0.25) is 5.91 Å². The largest absolute Gasteiger partial charge is 0.426 e. The molecule has 2 aromatic carbocycles. The Kier molecular flexibility index (Phi) is 4.58. The van der Waals surface area contributed by atoms with Crippen LogP contribution in [0.2, 0.25) is 5.02 Å². The highest BCUT2D eigenvalue weighted by molar-refractivity contribution is 6.33. The number of rotatable bonds is 3. The first kappa shape index (κ1) is 16.5. The van der Waals surface area contributed by atoms with Crippen LogP contribution in [-0.4, -0.2) is 18.4 Å². The molecule has 0 N–H and O–H groups in total. The molecule has 5 heteroatoms. The normalized spacial score (nSPS) is 17.2. The lowest BCUT2D eigenvalue weighted by Crippen LogP contribution is -2.27. The van der Waals surface area contributed by atoms with Crippen molar-refractivity contribution in [1.29, 1.82) is 0 Å². The van der Waals surface area contributed by atoms with E-state index in [0.29, 0.717) is 16.5 Å². The molecule has 3 rings (SSSR count). The number of aryl methyl sites for hydroxylation is 2. The molecule has 0 bridgehead atoms. The Morgan fingerprint density at radius 2 is 1.96 bits per heavy atom. The van der Waals surface area contributed by atoms with Gasteiger partial charge in [0, 0.05) is 13.0 Å². The summed E-state index contributed by atoms with van der Waals surface area (Å²) in [7, 11) is 0. The maximum absolute atomic E-state index is 12.5. The minimum Gasteiger partial charge on any atom is -0.426 e. The van der Waals surface area contributed by atoms with Crippen molar-refractivity contribution in [3.63, 3.8) is 0 Å². The van der Waals surface area contributed by atoms with Crippen molar-refractivity contribution in [2.75, 3.05) is 11.4 Å². The van der Waals surface area contributed by atoms with Gasteiger partial charge in [-0.25, -0.2) is 0 Å². The fourth-order valence-corrected chi connectivity index (χ4v) is 3.02. The summed E-state index contributed by atoms with van der Waals surface area (Å²) in [5.41, 5.74) is 2.54. The minimum atomic E-state index is -0.492. The van der Waals surface area contributed by atoms with Crippen LogP contribution in [0.3, 0.4) is 0 Å². The van der Waals surface area contributed by atoms with Crippen LogP contribution in [0.25, 0.3) is 0 Å². The summed E-state index contributed by atoms with van der Waals surface area (Å²) in [6.07, 6.45) is 0.134. The predicted molar refractivity (Wildman–Crippen MR) is 93.5 cm³/mol. The van der Waals surface area contributed by atoms with Gasteiger partial charge in [-0.1, -0.05) is 35.9 Å². The second-order valence-corrected chi connectivity index (χ2v) is 6.45. The molecule has 4 nitrogen and oxygen atoms in total. The van der Waals surface area contributed by atoms with Gasteiger partial charge in [-0.2, -0.15) is 0 Å². The molecule has 124 valence electrons. The summed E-state index contributed by atoms with van der Waals surface area (Å²) in [6, 6.07) is 12.8. The van der Waals surface area contributed by atoms with Gasteiger partial charge in [0.1, 0.15) is 5.75 Å². The summed E-state index contributed by atoms with van der Waals surface area (Å²) in [5.74, 6) is -0.449. The Bertz CT molecular complexity index is 803. The predicted octanol–water partition coefficient (Wildman–Crippen LogP) is 3.92. The van der Waals surface area contributed by atoms with Gasteiger partial charge in [-0.05, 0) is 43.2 Å². The highest BCUT2D eigenvalue weighted by Crippen LogP contribution is 2.32. The lowest BCUT2D eigenvalue weighted by Gasteiger charge is -2.18. The van der Waals surface area contributed by atoms with Crippen molar-refractivity contribution < 1.29 is 14.3 Å². The summed E-state index contributed by atoms with van der Waals surface area (Å²) >= 11 is 6.15. The fraction of sp³-hybridized carbons (Fsp3) is 0.263. The number of ether oxygens (including phenoxy) is 1. The second kappa shape index (κ2) is 6.65. The molecule has 2 aromatic rings. The molecule has 1 amide bonds. The zero-order chi connectivity index (χ0) is 17.3. The van der Waals surface area contributed by atoms with Gasteiger partial charge in [0.25, 0.3) is 0 Å². The van der Waals surface area contributed by atoms with Crippen molar-refractivity contribution >= 4 is 29.2 Å². The SMILES string of the molecule is Cc1ccc(C)c(OC(=O)[C@H]2CC(=O)N(c3ccccc3Cl)C2)c1. The van der Waals surface area contributed by atoms with E-state index in [-0.39, 0.29) is 24.8 Å². The molecular weight excluding hydrogens is 326 g/mol. The Balaban J connectivity index is 1.75. The molecule has 0 unspecified atom stereocenters. The average Bonchev–Trinajstić information content (AvgIpc) is 2.93. The zero-order valence-electron chi connectivity index (χ0n) is 13.6. The Labute approximate surface area is 146 Å². The third-order valence-electron chi connectivity index (χ3n) is 4.16. The van der Waals surface area contributed by atoms with Crippen LogP contribution < -0.4 is 9.64 Å². The molecule has 0 spiro atoms. The Hall–Kier alpha value is -2.33. The van der Waals surface area contributed by atoms with Crippen LogP contribution >= 0.6 is 11.6 Å². The minimum absolute atomic E-state index is 0.119. The first-order valence-corrected chi connectivity index (χ1v) is 8.17. The van der Waals surface area contributed by atoms with E-state index in [1.54, 1.807) is 23.1 Å². The van der Waals surface area contributed by atoms with E-state index in [1.165, 1.54) is 0 Å². The number of hydrogen-bond acceptors (Lipinski definition) is 3. The topological polar surface area (TPSA) is 46.6 Å². The third kappa shape index (κ3) is 3.29. The van der Waals surface area contributed by atoms with E-state index < -0.39 is 5.92 Å². The summed E-state index contributed by atoms with van der Waals surface area (Å²) in [5, 5.41) is 0.495. The van der Waals surface area contributed by atoms with Crippen LogP contribution in [0.5, 0.6) is 5.75 Å². The second-order valence-electron chi connectivity index (χ2n) is 6.05. The first-order valence-electron chi connectivity index (χ1n) is 7.79. The van der Waals surface area contributed by atoms with Crippen molar-refractivity contribution in [3.8, 4) is 5.75 Å². The number of esters is 1. The molecule has 0 aliphatic carbocycles. The van der Waals surface area contributed by atoms with Crippen molar-refractivity contribution in [1.82, 2.24) is 0 Å². The third-order valence-corrected chi connectivity index (χ3v) is 4.48. The molecule has 0 radical (unpaired) electrons. The molecule has 1 fully saturated rings. The number of amides is 1. The molecule has 1 saturated heterocycles. The zero-order valence-corrected chi connectivity index (χ0v) is 14.3. The van der Waals surface area contributed by atoms with Gasteiger partial charge >= 0.3 is 5.97 Å². The maximum Gasteiger partial charge on any atom is 0.316 e. The van der Waals surface area contributed by atoms with E-state index in [0.717, 1.165) is 11.1 Å². The van der Waals surface area contributed by atoms with E-state index in [4.69, 9.17) is 16.3 Å². The standard InChI is InChI=1S/C19H18ClNO3/c1-12-7-8-13(2)17(9-12)24-19(23)14-10-18(22)21(11-14)16-6-4-3-5-15(16)20/h3-9,14H,10-11H2,1-2H3/t14-/m0/s1. The number of anilines is 1. The Morgan fingerprint density at radius 3 is 2.71 bits per heavy atom. The summed E-state index contributed by atoms with van der Waals surface area (Å²) < 4.78 is 5.52. The van der Waals surface area contributed by atoms with Crippen molar-refractivity contribution in [2.24, 2.45) is 5.92 Å². The summed E-state index contributed by atoms with van der Waals surface area (Å²) in [4.78, 5) is 26.3. The number of hydrogen-bond donors (Lipinski definition) is 0. The van der Waals surface area contributed by atoms with E-state index in [1.807, 2.05) is 38.1 Å². The maximum atomic E-state index is 12.5. The number of para-hydroxylation sites is 1. The number of nitrogens with zero attached hydrogens (tertiary/aromatic N) is 1. The molecule has 1 aliphatic rings. The quantitative estimate of drug-likeness (QED) is 0.627. The molecule has 1 atom stereocenters. The molecule has 24 heavy (non-hydrogen) atoms. The first-order chi connectivity index (χ1) is 11.5. The highest BCUT2D eigenvalue weighted by Gasteiger charge is 2.37. The number of carbonyl (C=O) groups excluding carboxylic acids is 2. The van der Waals surface area contributed by atoms with Crippen LogP contribution in [0.15, 0.2) is 42.5 Å². The smallest absolute Gasteiger partial charge is 0.316 e. The molecular formula is C19H18ClNO3. The van der Waals surface area contributed by atoms with Gasteiger partial charge in [0.15, 0.2) is 0 Å². The summed E-state index contributed by atoms with van der Waals surface area (Å²) in [6.45, 7) is 4.11. The van der Waals surface area contributed by atoms with Crippen LogP contribution in [0, 0.1) is 19.8 Å². The van der Waals surface area contributed by atoms with Crippen LogP contribution in [-0.2, 0) is 9.59 Å². The monoisotopic (exact) mass is 343 g/mol. The van der Waals surface area contributed by atoms with Crippen molar-refractivity contribution in [2.45, 2.75) is 20.3 Å². The van der Waals surface area contributed by atoms with Crippen molar-refractivity contribution in [3.05, 3.63) is 58.6 Å². The number of benzene rings is 2. The van der Waals surface area contributed by atoms with E-state index in [9.17, 15) is 9.59 Å². The average molecular weight is 344 g/mol. The van der Waals surface area contributed by atoms with E-state index >= 15 is 0 Å².